The first-order chi connectivity index (χ1) is 15.5. The van der Waals surface area contributed by atoms with Gasteiger partial charge in [0.2, 0.25) is 5.09 Å². The molecule has 0 N–H and O–H groups in total. The second-order valence-electron chi connectivity index (χ2n) is 7.64. The van der Waals surface area contributed by atoms with E-state index in [2.05, 4.69) is 0 Å². The Kier molecular flexibility index (Phi) is 6.98. The third-order valence-corrected chi connectivity index (χ3v) is 8.10. The zero-order valence-electron chi connectivity index (χ0n) is 17.9. The van der Waals surface area contributed by atoms with Gasteiger partial charge in [-0.05, 0) is 42.5 Å². The summed E-state index contributed by atoms with van der Waals surface area (Å²) in [7, 11) is -2.15. The van der Waals surface area contributed by atoms with E-state index in [1.807, 2.05) is 41.8 Å². The summed E-state index contributed by atoms with van der Waals surface area (Å²) in [5, 5.41) is 1.77. The van der Waals surface area contributed by atoms with E-state index >= 15 is 0 Å². The number of carbonyl (C=O) groups excluding carboxylic acids is 1. The van der Waals surface area contributed by atoms with Crippen LogP contribution in [0.15, 0.2) is 63.4 Å². The fraction of sp³-hybridized carbons (Fsp3) is 0.348. The molecule has 1 aliphatic heterocycles. The molecule has 0 aliphatic carbocycles. The van der Waals surface area contributed by atoms with Crippen LogP contribution in [-0.2, 0) is 23.1 Å². The van der Waals surface area contributed by atoms with Crippen molar-refractivity contribution in [2.45, 2.75) is 37.4 Å². The van der Waals surface area contributed by atoms with Crippen LogP contribution in [0.3, 0.4) is 0 Å². The zero-order chi connectivity index (χ0) is 22.6. The summed E-state index contributed by atoms with van der Waals surface area (Å²) >= 11 is 1.55. The van der Waals surface area contributed by atoms with Gasteiger partial charge in [-0.2, -0.15) is 4.31 Å². The average Bonchev–Trinajstić information content (AvgIpc) is 3.52. The number of ether oxygens (including phenoxy) is 1. The lowest BCUT2D eigenvalue weighted by Gasteiger charge is -2.24. The van der Waals surface area contributed by atoms with Gasteiger partial charge in [0.1, 0.15) is 5.75 Å². The van der Waals surface area contributed by atoms with Gasteiger partial charge >= 0.3 is 0 Å². The maximum absolute atomic E-state index is 13.4. The lowest BCUT2D eigenvalue weighted by atomic mass is 10.1. The highest BCUT2D eigenvalue weighted by atomic mass is 32.2. The number of nitrogens with zero attached hydrogens (tertiary/aromatic N) is 2. The van der Waals surface area contributed by atoms with Crippen LogP contribution in [0, 0.1) is 0 Å². The quantitative estimate of drug-likeness (QED) is 0.484. The molecule has 0 atom stereocenters. The molecule has 3 aromatic rings. The minimum absolute atomic E-state index is 0.00652. The van der Waals surface area contributed by atoms with Gasteiger partial charge in [-0.15, -0.1) is 11.3 Å². The molecule has 3 heterocycles. The molecule has 7 nitrogen and oxygen atoms in total. The van der Waals surface area contributed by atoms with Gasteiger partial charge in [-0.3, -0.25) is 4.79 Å². The Hall–Kier alpha value is -2.62. The number of furan rings is 1. The summed E-state index contributed by atoms with van der Waals surface area (Å²) in [6, 6.07) is 14.2. The zero-order valence-corrected chi connectivity index (χ0v) is 19.5. The number of methoxy groups -OCH3 is 1. The molecule has 4 rings (SSSR count). The number of rotatable bonds is 8. The first-order valence-electron chi connectivity index (χ1n) is 10.5. The monoisotopic (exact) mass is 474 g/mol. The normalized spacial score (nSPS) is 14.9. The summed E-state index contributed by atoms with van der Waals surface area (Å²) in [6.07, 6.45) is 2.69. The van der Waals surface area contributed by atoms with Crippen LogP contribution in [-0.4, -0.2) is 43.7 Å². The van der Waals surface area contributed by atoms with E-state index < -0.39 is 10.0 Å². The largest absolute Gasteiger partial charge is 0.496 e. The molecule has 0 spiro atoms. The average molecular weight is 475 g/mol. The topological polar surface area (TPSA) is 80.1 Å². The van der Waals surface area contributed by atoms with E-state index in [0.717, 1.165) is 29.7 Å². The number of carbonyl (C=O) groups is 1. The van der Waals surface area contributed by atoms with E-state index in [0.29, 0.717) is 31.9 Å². The Labute approximate surface area is 192 Å². The van der Waals surface area contributed by atoms with Crippen LogP contribution < -0.4 is 4.74 Å². The van der Waals surface area contributed by atoms with Crippen LogP contribution in [0.4, 0.5) is 0 Å². The van der Waals surface area contributed by atoms with E-state index in [1.54, 1.807) is 23.3 Å². The van der Waals surface area contributed by atoms with Crippen molar-refractivity contribution in [3.63, 3.8) is 0 Å². The SMILES string of the molecule is COc1ccccc1CN(Cc1cccs1)C(=O)c1ccc(S(=O)(=O)N2CCCCC2)o1. The highest BCUT2D eigenvalue weighted by Crippen LogP contribution is 2.26. The molecule has 1 aliphatic rings. The molecular weight excluding hydrogens is 448 g/mol. The van der Waals surface area contributed by atoms with Crippen molar-refractivity contribution in [3.05, 3.63) is 70.1 Å². The van der Waals surface area contributed by atoms with Crippen molar-refractivity contribution in [1.82, 2.24) is 9.21 Å². The highest BCUT2D eigenvalue weighted by Gasteiger charge is 2.30. The van der Waals surface area contributed by atoms with Crippen molar-refractivity contribution in [3.8, 4) is 5.75 Å². The Morgan fingerprint density at radius 1 is 1.06 bits per heavy atom. The number of para-hydroxylation sites is 1. The van der Waals surface area contributed by atoms with E-state index in [9.17, 15) is 13.2 Å². The first-order valence-corrected chi connectivity index (χ1v) is 12.8. The molecule has 32 heavy (non-hydrogen) atoms. The number of amides is 1. The summed E-state index contributed by atoms with van der Waals surface area (Å²) < 4.78 is 38.3. The third-order valence-electron chi connectivity index (χ3n) is 5.47. The van der Waals surface area contributed by atoms with Crippen molar-refractivity contribution >= 4 is 27.3 Å². The lowest BCUT2D eigenvalue weighted by Crippen LogP contribution is -2.35. The van der Waals surface area contributed by atoms with Crippen molar-refractivity contribution < 1.29 is 22.4 Å². The Bertz CT molecular complexity index is 1150. The summed E-state index contributed by atoms with van der Waals surface area (Å²) in [5.74, 6) is 0.320. The van der Waals surface area contributed by atoms with Crippen LogP contribution in [0.25, 0.3) is 0 Å². The van der Waals surface area contributed by atoms with Crippen LogP contribution in [0.2, 0.25) is 0 Å². The molecule has 0 bridgehead atoms. The molecule has 0 unspecified atom stereocenters. The second-order valence-corrected chi connectivity index (χ2v) is 10.5. The molecule has 2 aromatic heterocycles. The lowest BCUT2D eigenvalue weighted by molar-refractivity contribution is 0.0692. The number of hydrogen-bond acceptors (Lipinski definition) is 6. The van der Waals surface area contributed by atoms with Gasteiger partial charge in [-0.25, -0.2) is 8.42 Å². The van der Waals surface area contributed by atoms with Gasteiger partial charge in [0.05, 0.1) is 20.2 Å². The first kappa shape index (κ1) is 22.6. The van der Waals surface area contributed by atoms with Gasteiger partial charge < -0.3 is 14.1 Å². The fourth-order valence-electron chi connectivity index (χ4n) is 3.79. The van der Waals surface area contributed by atoms with Gasteiger partial charge in [0, 0.05) is 23.5 Å². The highest BCUT2D eigenvalue weighted by molar-refractivity contribution is 7.89. The number of benzene rings is 1. The van der Waals surface area contributed by atoms with Crippen molar-refractivity contribution in [2.24, 2.45) is 0 Å². The van der Waals surface area contributed by atoms with Gasteiger partial charge in [0.25, 0.3) is 15.9 Å². The minimum atomic E-state index is -3.74. The standard InChI is InChI=1S/C23H26N2O5S2/c1-29-20-10-4-3-8-18(20)16-24(17-19-9-7-15-31-19)23(26)21-11-12-22(30-21)32(27,28)25-13-5-2-6-14-25/h3-4,7-12,15H,2,5-6,13-14,16-17H2,1H3. The van der Waals surface area contributed by atoms with Crippen LogP contribution in [0.5, 0.6) is 5.75 Å². The molecule has 170 valence electrons. The molecule has 1 aromatic carbocycles. The maximum Gasteiger partial charge on any atom is 0.290 e. The predicted octanol–water partition coefficient (Wildman–Crippen LogP) is 4.37. The summed E-state index contributed by atoms with van der Waals surface area (Å²) in [4.78, 5) is 16.0. The number of sulfonamides is 1. The van der Waals surface area contributed by atoms with E-state index in [-0.39, 0.29) is 16.8 Å². The van der Waals surface area contributed by atoms with Gasteiger partial charge in [-0.1, -0.05) is 30.7 Å². The number of hydrogen-bond donors (Lipinski definition) is 0. The Balaban J connectivity index is 1.59. The Morgan fingerprint density at radius 2 is 1.84 bits per heavy atom. The summed E-state index contributed by atoms with van der Waals surface area (Å²) in [5.41, 5.74) is 0.854. The third kappa shape index (κ3) is 4.90. The Morgan fingerprint density at radius 3 is 2.56 bits per heavy atom. The second kappa shape index (κ2) is 9.89. The summed E-state index contributed by atoms with van der Waals surface area (Å²) in [6.45, 7) is 1.63. The van der Waals surface area contributed by atoms with Crippen molar-refractivity contribution in [2.75, 3.05) is 20.2 Å². The smallest absolute Gasteiger partial charge is 0.290 e. The molecule has 0 radical (unpaired) electrons. The van der Waals surface area contributed by atoms with E-state index in [1.165, 1.54) is 16.4 Å². The van der Waals surface area contributed by atoms with Crippen molar-refractivity contribution in [1.29, 1.82) is 0 Å². The molecule has 1 fully saturated rings. The molecule has 0 saturated carbocycles. The van der Waals surface area contributed by atoms with Crippen LogP contribution >= 0.6 is 11.3 Å². The fourth-order valence-corrected chi connectivity index (χ4v) is 5.94. The number of piperidine rings is 1. The minimum Gasteiger partial charge on any atom is -0.496 e. The predicted molar refractivity (Wildman–Crippen MR) is 122 cm³/mol. The van der Waals surface area contributed by atoms with E-state index in [4.69, 9.17) is 9.15 Å². The van der Waals surface area contributed by atoms with Gasteiger partial charge in [0.15, 0.2) is 5.76 Å². The molecule has 9 heteroatoms. The van der Waals surface area contributed by atoms with Crippen LogP contribution in [0.1, 0.15) is 40.3 Å². The maximum atomic E-state index is 13.4. The molecular formula is C23H26N2O5S2. The molecule has 1 amide bonds. The number of thiophene rings is 1. The molecule has 1 saturated heterocycles.